The summed E-state index contributed by atoms with van der Waals surface area (Å²) in [5.41, 5.74) is 1.44. The number of thiazole rings is 1. The summed E-state index contributed by atoms with van der Waals surface area (Å²) < 4.78 is 15.1. The van der Waals surface area contributed by atoms with Crippen LogP contribution in [0.15, 0.2) is 66.2 Å². The second-order valence-electron chi connectivity index (χ2n) is 7.24. The molecule has 1 N–H and O–H groups in total. The summed E-state index contributed by atoms with van der Waals surface area (Å²) in [5, 5.41) is 14.6. The van der Waals surface area contributed by atoms with Gasteiger partial charge in [-0.1, -0.05) is 18.2 Å². The van der Waals surface area contributed by atoms with Crippen LogP contribution in [-0.4, -0.2) is 31.7 Å². The Balaban J connectivity index is 1.35. The summed E-state index contributed by atoms with van der Waals surface area (Å²) in [4.78, 5) is 16.8. The van der Waals surface area contributed by atoms with Crippen LogP contribution in [0.1, 0.15) is 34.9 Å². The molecule has 1 aliphatic carbocycles. The number of rotatable bonds is 5. The first-order valence-corrected chi connectivity index (χ1v) is 10.5. The highest BCUT2D eigenvalue weighted by molar-refractivity contribution is 7.13. The number of hydrogen-bond donors (Lipinski definition) is 1. The van der Waals surface area contributed by atoms with Gasteiger partial charge in [0.25, 0.3) is 5.91 Å². The Morgan fingerprint density at radius 3 is 2.53 bits per heavy atom. The van der Waals surface area contributed by atoms with E-state index >= 15 is 0 Å². The fourth-order valence-electron chi connectivity index (χ4n) is 3.68. The molecule has 5 rings (SSSR count). The van der Waals surface area contributed by atoms with Crippen LogP contribution in [0.25, 0.3) is 16.5 Å². The van der Waals surface area contributed by atoms with E-state index in [9.17, 15) is 9.18 Å². The molecule has 0 radical (unpaired) electrons. The predicted molar refractivity (Wildman–Crippen MR) is 112 cm³/mol. The minimum atomic E-state index is -0.355. The molecule has 30 heavy (non-hydrogen) atoms. The maximum Gasteiger partial charge on any atom is 0.251 e. The van der Waals surface area contributed by atoms with Crippen LogP contribution in [-0.2, 0) is 0 Å². The molecule has 2 aromatic heterocycles. The number of benzene rings is 2. The van der Waals surface area contributed by atoms with Crippen molar-refractivity contribution in [3.63, 3.8) is 0 Å². The summed E-state index contributed by atoms with van der Waals surface area (Å²) in [6.07, 6.45) is 3.31. The Morgan fingerprint density at radius 2 is 1.83 bits per heavy atom. The largest absolute Gasteiger partial charge is 0.349 e. The van der Waals surface area contributed by atoms with Crippen LogP contribution in [0.3, 0.4) is 0 Å². The van der Waals surface area contributed by atoms with Crippen molar-refractivity contribution in [3.05, 3.63) is 83.4 Å². The van der Waals surface area contributed by atoms with E-state index in [1.54, 1.807) is 6.20 Å². The van der Waals surface area contributed by atoms with Gasteiger partial charge in [0.05, 0.1) is 0 Å². The van der Waals surface area contributed by atoms with E-state index in [-0.39, 0.29) is 23.7 Å². The molecule has 0 aliphatic heterocycles. The van der Waals surface area contributed by atoms with Crippen LogP contribution in [0, 0.1) is 5.82 Å². The van der Waals surface area contributed by atoms with Crippen LogP contribution < -0.4 is 5.32 Å². The van der Waals surface area contributed by atoms with Crippen LogP contribution in [0.5, 0.6) is 0 Å². The summed E-state index contributed by atoms with van der Waals surface area (Å²) >= 11 is 1.52. The highest BCUT2D eigenvalue weighted by Gasteiger charge is 2.36. The van der Waals surface area contributed by atoms with Gasteiger partial charge < -0.3 is 5.32 Å². The summed E-state index contributed by atoms with van der Waals surface area (Å²) in [6.45, 7) is 0. The lowest BCUT2D eigenvalue weighted by molar-refractivity contribution is 0.0907. The van der Waals surface area contributed by atoms with Crippen molar-refractivity contribution in [2.75, 3.05) is 0 Å². The van der Waals surface area contributed by atoms with Crippen molar-refractivity contribution in [2.45, 2.75) is 24.8 Å². The third-order valence-electron chi connectivity index (χ3n) is 5.27. The van der Waals surface area contributed by atoms with E-state index in [1.165, 1.54) is 35.6 Å². The fraction of sp³-hybridized carbons (Fsp3) is 0.182. The lowest BCUT2D eigenvalue weighted by Gasteiger charge is -2.35. The minimum absolute atomic E-state index is 0.0526. The first kappa shape index (κ1) is 18.6. The van der Waals surface area contributed by atoms with E-state index in [2.05, 4.69) is 25.1 Å². The molecule has 0 unspecified atom stereocenters. The van der Waals surface area contributed by atoms with Gasteiger partial charge in [-0.25, -0.2) is 9.37 Å². The summed E-state index contributed by atoms with van der Waals surface area (Å²) in [7, 11) is 0. The number of carbonyl (C=O) groups excluding carboxylic acids is 1. The van der Waals surface area contributed by atoms with Gasteiger partial charge in [0.15, 0.2) is 10.8 Å². The van der Waals surface area contributed by atoms with Crippen molar-refractivity contribution in [1.82, 2.24) is 25.1 Å². The molecule has 150 valence electrons. The molecule has 2 heterocycles. The smallest absolute Gasteiger partial charge is 0.251 e. The molecule has 1 amide bonds. The molecule has 0 atom stereocenters. The Hall–Kier alpha value is -3.39. The molecule has 1 fully saturated rings. The van der Waals surface area contributed by atoms with E-state index in [1.807, 2.05) is 35.7 Å². The van der Waals surface area contributed by atoms with Crippen molar-refractivity contribution < 1.29 is 9.18 Å². The number of aromatic nitrogens is 4. The molecule has 1 aliphatic rings. The first-order chi connectivity index (χ1) is 14.7. The number of carbonyl (C=O) groups is 1. The zero-order valence-electron chi connectivity index (χ0n) is 15.9. The van der Waals surface area contributed by atoms with Gasteiger partial charge in [0.1, 0.15) is 11.6 Å². The number of nitrogens with one attached hydrogen (secondary N) is 1. The zero-order chi connectivity index (χ0) is 20.5. The molecule has 2 aromatic carbocycles. The third kappa shape index (κ3) is 3.50. The van der Waals surface area contributed by atoms with Crippen molar-refractivity contribution in [3.8, 4) is 16.5 Å². The average molecular weight is 419 g/mol. The van der Waals surface area contributed by atoms with Gasteiger partial charge in [-0.2, -0.15) is 0 Å². The SMILES string of the molecule is O=C(N[C@H]1C[C@H](c2nnc(-c3nccs3)n2-c2ccccc2)C1)c1ccc(F)cc1. The quantitative estimate of drug-likeness (QED) is 0.526. The lowest BCUT2D eigenvalue weighted by Crippen LogP contribution is -2.44. The van der Waals surface area contributed by atoms with Crippen molar-refractivity contribution in [2.24, 2.45) is 0 Å². The van der Waals surface area contributed by atoms with Gasteiger partial charge in [-0.05, 0) is 49.2 Å². The van der Waals surface area contributed by atoms with E-state index in [0.717, 1.165) is 35.2 Å². The number of para-hydroxylation sites is 1. The monoisotopic (exact) mass is 419 g/mol. The molecule has 0 bridgehead atoms. The van der Waals surface area contributed by atoms with E-state index < -0.39 is 0 Å². The van der Waals surface area contributed by atoms with E-state index in [4.69, 9.17) is 0 Å². The zero-order valence-corrected chi connectivity index (χ0v) is 16.7. The van der Waals surface area contributed by atoms with Gasteiger partial charge >= 0.3 is 0 Å². The van der Waals surface area contributed by atoms with Gasteiger partial charge in [-0.15, -0.1) is 21.5 Å². The number of halogens is 1. The summed E-state index contributed by atoms with van der Waals surface area (Å²) in [6, 6.07) is 15.6. The molecule has 4 aromatic rings. The van der Waals surface area contributed by atoms with Gasteiger partial charge in [0, 0.05) is 34.8 Å². The Morgan fingerprint density at radius 1 is 1.07 bits per heavy atom. The summed E-state index contributed by atoms with van der Waals surface area (Å²) in [5.74, 6) is 1.24. The topological polar surface area (TPSA) is 72.7 Å². The molecule has 6 nitrogen and oxygen atoms in total. The normalized spacial score (nSPS) is 18.0. The molecule has 8 heteroatoms. The predicted octanol–water partition coefficient (Wildman–Crippen LogP) is 4.21. The molecule has 1 saturated carbocycles. The number of hydrogen-bond acceptors (Lipinski definition) is 5. The standard InChI is InChI=1S/C22H18FN5OS/c23-16-8-6-14(7-9-16)21(29)25-17-12-15(13-17)19-26-27-20(22-24-10-11-30-22)28(19)18-4-2-1-3-5-18/h1-11,15,17H,12-13H2,(H,25,29)/t15-,17-. The van der Waals surface area contributed by atoms with Crippen LogP contribution >= 0.6 is 11.3 Å². The molecule has 0 saturated heterocycles. The number of amides is 1. The van der Waals surface area contributed by atoms with Crippen molar-refractivity contribution >= 4 is 17.2 Å². The Kier molecular flexibility index (Phi) is 4.84. The Labute approximate surface area is 176 Å². The number of nitrogens with zero attached hydrogens (tertiary/aromatic N) is 4. The highest BCUT2D eigenvalue weighted by Crippen LogP contribution is 2.38. The fourth-order valence-corrected chi connectivity index (χ4v) is 4.29. The van der Waals surface area contributed by atoms with Crippen LogP contribution in [0.4, 0.5) is 4.39 Å². The second kappa shape index (κ2) is 7.79. The van der Waals surface area contributed by atoms with E-state index in [0.29, 0.717) is 5.56 Å². The second-order valence-corrected chi connectivity index (χ2v) is 8.13. The van der Waals surface area contributed by atoms with Gasteiger partial charge in [0.2, 0.25) is 0 Å². The Bertz CT molecular complexity index is 1150. The average Bonchev–Trinajstić information content (AvgIpc) is 3.41. The maximum atomic E-state index is 13.1. The molecular formula is C22H18FN5OS. The van der Waals surface area contributed by atoms with Crippen molar-refractivity contribution in [1.29, 1.82) is 0 Å². The first-order valence-electron chi connectivity index (χ1n) is 9.66. The maximum absolute atomic E-state index is 13.1. The molecule has 0 spiro atoms. The minimum Gasteiger partial charge on any atom is -0.349 e. The molecular weight excluding hydrogens is 401 g/mol. The highest BCUT2D eigenvalue weighted by atomic mass is 32.1. The third-order valence-corrected chi connectivity index (χ3v) is 6.04. The van der Waals surface area contributed by atoms with Crippen LogP contribution in [0.2, 0.25) is 0 Å². The van der Waals surface area contributed by atoms with Gasteiger partial charge in [-0.3, -0.25) is 9.36 Å². The lowest BCUT2D eigenvalue weighted by atomic mass is 9.79.